The highest BCUT2D eigenvalue weighted by Gasteiger charge is 2.15. The second-order valence-electron chi connectivity index (χ2n) is 3.77. The summed E-state index contributed by atoms with van der Waals surface area (Å²) < 4.78 is 0. The van der Waals surface area contributed by atoms with Gasteiger partial charge in [-0.25, -0.2) is 0 Å². The molecule has 0 aromatic carbocycles. The second-order valence-corrected chi connectivity index (χ2v) is 3.77. The molecule has 0 aliphatic heterocycles. The van der Waals surface area contributed by atoms with Crippen LogP contribution < -0.4 is 5.32 Å². The van der Waals surface area contributed by atoms with Crippen molar-refractivity contribution in [3.8, 4) is 0 Å². The van der Waals surface area contributed by atoms with Crippen molar-refractivity contribution in [3.05, 3.63) is 36.1 Å². The molecule has 2 N–H and O–H groups in total. The van der Waals surface area contributed by atoms with Gasteiger partial charge in [0.15, 0.2) is 0 Å². The summed E-state index contributed by atoms with van der Waals surface area (Å²) in [5, 5.41) is 12.9. The minimum absolute atomic E-state index is 0.815. The molecular formula is C12H21NO. The van der Waals surface area contributed by atoms with Crippen LogP contribution in [-0.2, 0) is 0 Å². The van der Waals surface area contributed by atoms with E-state index in [0.717, 1.165) is 17.8 Å². The monoisotopic (exact) mass is 195 g/mol. The Kier molecular flexibility index (Phi) is 5.24. The predicted octanol–water partition coefficient (Wildman–Crippen LogP) is 2.38. The third-order valence-electron chi connectivity index (χ3n) is 1.89. The van der Waals surface area contributed by atoms with Gasteiger partial charge in [-0.05, 0) is 39.3 Å². The summed E-state index contributed by atoms with van der Waals surface area (Å²) >= 11 is 0. The van der Waals surface area contributed by atoms with Gasteiger partial charge in [0.2, 0.25) is 0 Å². The van der Waals surface area contributed by atoms with Gasteiger partial charge >= 0.3 is 0 Å². The lowest BCUT2D eigenvalue weighted by Gasteiger charge is -2.18. The van der Waals surface area contributed by atoms with E-state index in [1.165, 1.54) is 0 Å². The molecule has 0 saturated heterocycles. The van der Waals surface area contributed by atoms with Gasteiger partial charge in [0.25, 0.3) is 0 Å². The number of aliphatic hydroxyl groups is 1. The number of hydrogen-bond donors (Lipinski definition) is 2. The molecule has 0 fully saturated rings. The Morgan fingerprint density at radius 2 is 2.00 bits per heavy atom. The fourth-order valence-corrected chi connectivity index (χ4v) is 1.07. The van der Waals surface area contributed by atoms with Crippen molar-refractivity contribution < 1.29 is 5.11 Å². The van der Waals surface area contributed by atoms with Crippen LogP contribution in [0.2, 0.25) is 0 Å². The number of nitrogens with one attached hydrogen (secondary N) is 1. The van der Waals surface area contributed by atoms with Gasteiger partial charge in [-0.1, -0.05) is 18.7 Å². The highest BCUT2D eigenvalue weighted by Crippen LogP contribution is 2.16. The Morgan fingerprint density at radius 1 is 1.43 bits per heavy atom. The van der Waals surface area contributed by atoms with Crippen LogP contribution in [0.3, 0.4) is 0 Å². The van der Waals surface area contributed by atoms with Gasteiger partial charge in [-0.2, -0.15) is 0 Å². The van der Waals surface area contributed by atoms with E-state index in [0.29, 0.717) is 0 Å². The normalized spacial score (nSPS) is 14.1. The molecule has 0 aromatic heterocycles. The molecule has 0 amide bonds. The average molecular weight is 195 g/mol. The first kappa shape index (κ1) is 13.0. The lowest BCUT2D eigenvalue weighted by atomic mass is 9.98. The first-order chi connectivity index (χ1) is 6.41. The van der Waals surface area contributed by atoms with Crippen LogP contribution in [0.15, 0.2) is 36.1 Å². The van der Waals surface area contributed by atoms with Crippen LogP contribution in [0, 0.1) is 0 Å². The van der Waals surface area contributed by atoms with Crippen molar-refractivity contribution in [2.75, 3.05) is 6.54 Å². The largest absolute Gasteiger partial charge is 0.389 e. The Balaban J connectivity index is 4.62. The summed E-state index contributed by atoms with van der Waals surface area (Å²) in [6, 6.07) is 0. The van der Waals surface area contributed by atoms with E-state index in [2.05, 4.69) is 11.9 Å². The zero-order valence-electron chi connectivity index (χ0n) is 9.59. The molecule has 2 nitrogen and oxygen atoms in total. The summed E-state index contributed by atoms with van der Waals surface area (Å²) in [5.41, 5.74) is 1.07. The van der Waals surface area contributed by atoms with E-state index < -0.39 is 5.60 Å². The predicted molar refractivity (Wildman–Crippen MR) is 62.0 cm³/mol. The minimum atomic E-state index is -0.829. The van der Waals surface area contributed by atoms with Crippen molar-refractivity contribution in [1.29, 1.82) is 0 Å². The summed E-state index contributed by atoms with van der Waals surface area (Å²) in [5.74, 6) is 0. The van der Waals surface area contributed by atoms with Crippen LogP contribution in [0.25, 0.3) is 0 Å². The summed E-state index contributed by atoms with van der Waals surface area (Å²) in [4.78, 5) is 0. The van der Waals surface area contributed by atoms with Crippen molar-refractivity contribution in [3.63, 3.8) is 0 Å². The van der Waals surface area contributed by atoms with Crippen LogP contribution in [0.5, 0.6) is 0 Å². The Morgan fingerprint density at radius 3 is 2.36 bits per heavy atom. The molecular weight excluding hydrogens is 174 g/mol. The fraction of sp³-hybridized carbons (Fsp3) is 0.500. The molecule has 14 heavy (non-hydrogen) atoms. The van der Waals surface area contributed by atoms with Crippen molar-refractivity contribution in [1.82, 2.24) is 5.32 Å². The van der Waals surface area contributed by atoms with E-state index in [1.54, 1.807) is 19.9 Å². The maximum Gasteiger partial charge on any atom is 0.0840 e. The highest BCUT2D eigenvalue weighted by molar-refractivity contribution is 5.30. The maximum atomic E-state index is 9.73. The highest BCUT2D eigenvalue weighted by atomic mass is 16.3. The zero-order valence-corrected chi connectivity index (χ0v) is 9.59. The molecule has 0 aliphatic carbocycles. The lowest BCUT2D eigenvalue weighted by molar-refractivity contribution is 0.124. The van der Waals surface area contributed by atoms with Crippen LogP contribution >= 0.6 is 0 Å². The third-order valence-corrected chi connectivity index (χ3v) is 1.89. The number of allylic oxidation sites excluding steroid dienone is 3. The van der Waals surface area contributed by atoms with Crippen molar-refractivity contribution >= 4 is 0 Å². The molecule has 0 aliphatic rings. The number of rotatable bonds is 5. The van der Waals surface area contributed by atoms with Gasteiger partial charge in [0.05, 0.1) is 5.60 Å². The molecule has 0 rings (SSSR count). The molecule has 80 valence electrons. The van der Waals surface area contributed by atoms with Crippen LogP contribution in [-0.4, -0.2) is 17.3 Å². The summed E-state index contributed by atoms with van der Waals surface area (Å²) in [6.07, 6.45) is 5.50. The molecule has 0 saturated carbocycles. The first-order valence-electron chi connectivity index (χ1n) is 4.89. The number of hydrogen-bond acceptors (Lipinski definition) is 2. The lowest BCUT2D eigenvalue weighted by Crippen LogP contribution is -2.20. The van der Waals surface area contributed by atoms with Gasteiger partial charge in [0.1, 0.15) is 0 Å². The van der Waals surface area contributed by atoms with Gasteiger partial charge in [-0.15, -0.1) is 0 Å². The molecule has 0 atom stereocenters. The smallest absolute Gasteiger partial charge is 0.0840 e. The van der Waals surface area contributed by atoms with Crippen LogP contribution in [0.1, 0.15) is 27.7 Å². The summed E-state index contributed by atoms with van der Waals surface area (Å²) in [6.45, 7) is 12.1. The summed E-state index contributed by atoms with van der Waals surface area (Å²) in [7, 11) is 0. The minimum Gasteiger partial charge on any atom is -0.389 e. The van der Waals surface area contributed by atoms with Crippen molar-refractivity contribution in [2.45, 2.75) is 33.3 Å². The molecule has 0 radical (unpaired) electrons. The van der Waals surface area contributed by atoms with Crippen LogP contribution in [0.4, 0.5) is 0 Å². The molecule has 0 unspecified atom stereocenters. The van der Waals surface area contributed by atoms with Gasteiger partial charge in [0, 0.05) is 12.2 Å². The molecule has 0 spiro atoms. The van der Waals surface area contributed by atoms with E-state index >= 15 is 0 Å². The van der Waals surface area contributed by atoms with E-state index in [-0.39, 0.29) is 0 Å². The van der Waals surface area contributed by atoms with E-state index in [9.17, 15) is 5.11 Å². The average Bonchev–Trinajstić information content (AvgIpc) is 2.03. The standard InChI is InChI=1S/C12H21NO/c1-6-11(12(4,5)14)9-8-10(3)13-7-2/h6,8-9,13-14H,1,7H2,2-5H3/b10-8+,11-9+. The fourth-order valence-electron chi connectivity index (χ4n) is 1.07. The van der Waals surface area contributed by atoms with E-state index in [4.69, 9.17) is 0 Å². The third kappa shape index (κ3) is 4.87. The Bertz CT molecular complexity index is 244. The molecule has 0 bridgehead atoms. The SMILES string of the molecule is C=C/C(=C\C=C(/C)NCC)C(C)(C)O. The van der Waals surface area contributed by atoms with E-state index in [1.807, 2.05) is 26.0 Å². The quantitative estimate of drug-likeness (QED) is 0.660. The van der Waals surface area contributed by atoms with Gasteiger partial charge < -0.3 is 10.4 Å². The Hall–Kier alpha value is -1.02. The molecule has 0 aromatic rings. The zero-order chi connectivity index (χ0) is 11.2. The second kappa shape index (κ2) is 5.66. The molecule has 2 heteroatoms. The topological polar surface area (TPSA) is 32.3 Å². The van der Waals surface area contributed by atoms with Gasteiger partial charge in [-0.3, -0.25) is 0 Å². The first-order valence-corrected chi connectivity index (χ1v) is 4.89. The Labute approximate surface area is 87.0 Å². The van der Waals surface area contributed by atoms with Crippen molar-refractivity contribution in [2.24, 2.45) is 0 Å². The maximum absolute atomic E-state index is 9.73. The molecule has 0 heterocycles.